The predicted octanol–water partition coefficient (Wildman–Crippen LogP) is 3.92. The number of rotatable bonds is 5. The van der Waals surface area contributed by atoms with Crippen molar-refractivity contribution in [1.29, 1.82) is 0 Å². The van der Waals surface area contributed by atoms with Crippen molar-refractivity contribution in [2.24, 2.45) is 0 Å². The SMILES string of the molecule is CCN1C(=O)N/C(=C/c2ccc(OCc3ccc(F)cc3)c(I)c2)C1=O. The maximum atomic E-state index is 12.9. The minimum atomic E-state index is -0.405. The predicted molar refractivity (Wildman–Crippen MR) is 104 cm³/mol. The third-order valence-corrected chi connectivity index (χ3v) is 4.70. The third-order valence-electron chi connectivity index (χ3n) is 3.85. The van der Waals surface area contributed by atoms with Gasteiger partial charge in [-0.1, -0.05) is 18.2 Å². The molecule has 0 saturated carbocycles. The van der Waals surface area contributed by atoms with Crippen LogP contribution in [0.15, 0.2) is 48.2 Å². The van der Waals surface area contributed by atoms with Crippen molar-refractivity contribution in [3.8, 4) is 5.75 Å². The van der Waals surface area contributed by atoms with E-state index in [0.717, 1.165) is 19.6 Å². The molecule has 5 nitrogen and oxygen atoms in total. The Morgan fingerprint density at radius 1 is 1.19 bits per heavy atom. The number of urea groups is 1. The minimum absolute atomic E-state index is 0.257. The number of carbonyl (C=O) groups excluding carboxylic acids is 2. The molecule has 2 aromatic carbocycles. The van der Waals surface area contributed by atoms with E-state index in [-0.39, 0.29) is 17.4 Å². The Bertz CT molecular complexity index is 881. The molecule has 0 aromatic heterocycles. The Hall–Kier alpha value is -2.42. The summed E-state index contributed by atoms with van der Waals surface area (Å²) in [4.78, 5) is 24.9. The van der Waals surface area contributed by atoms with Crippen LogP contribution >= 0.6 is 22.6 Å². The first-order chi connectivity index (χ1) is 12.5. The molecule has 2 aromatic rings. The monoisotopic (exact) mass is 466 g/mol. The Balaban J connectivity index is 1.71. The van der Waals surface area contributed by atoms with Gasteiger partial charge in [-0.25, -0.2) is 9.18 Å². The molecule has 1 saturated heterocycles. The highest BCUT2D eigenvalue weighted by atomic mass is 127. The summed E-state index contributed by atoms with van der Waals surface area (Å²) in [7, 11) is 0. The molecule has 0 atom stereocenters. The van der Waals surface area contributed by atoms with Crippen LogP contribution in [-0.4, -0.2) is 23.4 Å². The Morgan fingerprint density at radius 3 is 2.54 bits per heavy atom. The number of benzene rings is 2. The number of nitrogens with one attached hydrogen (secondary N) is 1. The molecule has 1 heterocycles. The number of hydrogen-bond acceptors (Lipinski definition) is 3. The van der Waals surface area contributed by atoms with Gasteiger partial charge in [0, 0.05) is 6.54 Å². The lowest BCUT2D eigenvalue weighted by Gasteiger charge is -2.09. The van der Waals surface area contributed by atoms with Gasteiger partial charge in [0.25, 0.3) is 5.91 Å². The average molecular weight is 466 g/mol. The quantitative estimate of drug-likeness (QED) is 0.413. The van der Waals surface area contributed by atoms with Crippen LogP contribution in [0.25, 0.3) is 6.08 Å². The fourth-order valence-corrected chi connectivity index (χ4v) is 3.19. The molecule has 7 heteroatoms. The van der Waals surface area contributed by atoms with Crippen LogP contribution < -0.4 is 10.1 Å². The van der Waals surface area contributed by atoms with Crippen LogP contribution in [0.1, 0.15) is 18.1 Å². The number of halogens is 2. The topological polar surface area (TPSA) is 58.6 Å². The first-order valence-electron chi connectivity index (χ1n) is 7.99. The maximum Gasteiger partial charge on any atom is 0.328 e. The molecule has 3 amide bonds. The Labute approximate surface area is 164 Å². The van der Waals surface area contributed by atoms with Gasteiger partial charge >= 0.3 is 6.03 Å². The van der Waals surface area contributed by atoms with Crippen molar-refractivity contribution in [3.05, 3.63) is 68.7 Å². The highest BCUT2D eigenvalue weighted by Gasteiger charge is 2.31. The van der Waals surface area contributed by atoms with Crippen LogP contribution in [0.5, 0.6) is 5.75 Å². The van der Waals surface area contributed by atoms with Crippen LogP contribution in [-0.2, 0) is 11.4 Å². The molecular weight excluding hydrogens is 450 g/mol. The standard InChI is InChI=1S/C19H16FIN2O3/c1-2-23-18(24)16(22-19(23)25)10-13-5-8-17(15(21)9-13)26-11-12-3-6-14(20)7-4-12/h3-10H,2,11H2,1H3,(H,22,25)/b16-10+. The number of amides is 3. The van der Waals surface area contributed by atoms with Crippen LogP contribution in [0.4, 0.5) is 9.18 Å². The normalized spacial score (nSPS) is 15.5. The lowest BCUT2D eigenvalue weighted by Crippen LogP contribution is -2.30. The number of imide groups is 1. The molecule has 1 fully saturated rings. The number of nitrogens with zero attached hydrogens (tertiary/aromatic N) is 1. The highest BCUT2D eigenvalue weighted by Crippen LogP contribution is 2.25. The minimum Gasteiger partial charge on any atom is -0.488 e. The van der Waals surface area contributed by atoms with E-state index in [9.17, 15) is 14.0 Å². The van der Waals surface area contributed by atoms with Crippen molar-refractivity contribution in [2.45, 2.75) is 13.5 Å². The van der Waals surface area contributed by atoms with Gasteiger partial charge in [0.15, 0.2) is 0 Å². The van der Waals surface area contributed by atoms with Crippen LogP contribution in [0.2, 0.25) is 0 Å². The van der Waals surface area contributed by atoms with Crippen molar-refractivity contribution in [1.82, 2.24) is 10.2 Å². The smallest absolute Gasteiger partial charge is 0.328 e. The zero-order valence-corrected chi connectivity index (χ0v) is 16.1. The van der Waals surface area contributed by atoms with E-state index >= 15 is 0 Å². The summed E-state index contributed by atoms with van der Waals surface area (Å²) >= 11 is 2.14. The lowest BCUT2D eigenvalue weighted by atomic mass is 10.2. The Morgan fingerprint density at radius 2 is 1.92 bits per heavy atom. The van der Waals surface area contributed by atoms with Gasteiger partial charge in [0.1, 0.15) is 23.9 Å². The van der Waals surface area contributed by atoms with Crippen molar-refractivity contribution in [2.75, 3.05) is 6.54 Å². The van der Waals surface area contributed by atoms with Gasteiger partial charge in [-0.15, -0.1) is 0 Å². The summed E-state index contributed by atoms with van der Waals surface area (Å²) in [6.07, 6.45) is 1.64. The molecule has 1 N–H and O–H groups in total. The molecular formula is C19H16FIN2O3. The van der Waals surface area contributed by atoms with E-state index in [2.05, 4.69) is 27.9 Å². The third kappa shape index (κ3) is 4.04. The molecule has 26 heavy (non-hydrogen) atoms. The second kappa shape index (κ2) is 7.86. The summed E-state index contributed by atoms with van der Waals surface area (Å²) in [6, 6.07) is 11.2. The summed E-state index contributed by atoms with van der Waals surface area (Å²) in [5.74, 6) is 0.0779. The molecule has 3 rings (SSSR count). The van der Waals surface area contributed by atoms with Crippen molar-refractivity contribution in [3.63, 3.8) is 0 Å². The average Bonchev–Trinajstić information content (AvgIpc) is 2.88. The first-order valence-corrected chi connectivity index (χ1v) is 9.07. The van der Waals surface area contributed by atoms with E-state index < -0.39 is 6.03 Å². The van der Waals surface area contributed by atoms with Gasteiger partial charge in [-0.2, -0.15) is 0 Å². The fourth-order valence-electron chi connectivity index (χ4n) is 2.49. The first kappa shape index (κ1) is 18.4. The molecule has 0 spiro atoms. The summed E-state index contributed by atoms with van der Waals surface area (Å²) in [5, 5.41) is 2.57. The van der Waals surface area contributed by atoms with Gasteiger partial charge in [-0.05, 0) is 71.0 Å². The number of hydrogen-bond donors (Lipinski definition) is 1. The molecule has 0 bridgehead atoms. The zero-order valence-electron chi connectivity index (χ0n) is 14.0. The summed E-state index contributed by atoms with van der Waals surface area (Å²) < 4.78 is 19.6. The summed E-state index contributed by atoms with van der Waals surface area (Å²) in [5.41, 5.74) is 1.91. The van der Waals surface area contributed by atoms with Crippen LogP contribution in [0.3, 0.4) is 0 Å². The summed E-state index contributed by atoms with van der Waals surface area (Å²) in [6.45, 7) is 2.41. The lowest BCUT2D eigenvalue weighted by molar-refractivity contribution is -0.122. The zero-order chi connectivity index (χ0) is 18.7. The van der Waals surface area contributed by atoms with E-state index in [1.165, 1.54) is 12.1 Å². The molecule has 1 aliphatic heterocycles. The second-order valence-corrected chi connectivity index (χ2v) is 6.80. The number of carbonyl (C=O) groups is 2. The van der Waals surface area contributed by atoms with E-state index in [4.69, 9.17) is 4.74 Å². The molecule has 0 radical (unpaired) electrons. The van der Waals surface area contributed by atoms with Crippen molar-refractivity contribution >= 4 is 40.6 Å². The van der Waals surface area contributed by atoms with Crippen LogP contribution in [0, 0.1) is 9.39 Å². The van der Waals surface area contributed by atoms with Gasteiger partial charge in [0.2, 0.25) is 0 Å². The van der Waals surface area contributed by atoms with Gasteiger partial charge in [-0.3, -0.25) is 9.69 Å². The second-order valence-electron chi connectivity index (χ2n) is 5.64. The highest BCUT2D eigenvalue weighted by molar-refractivity contribution is 14.1. The fraction of sp³-hybridized carbons (Fsp3) is 0.158. The molecule has 0 unspecified atom stereocenters. The molecule has 134 valence electrons. The van der Waals surface area contributed by atoms with Crippen molar-refractivity contribution < 1.29 is 18.7 Å². The van der Waals surface area contributed by atoms with Gasteiger partial charge in [0.05, 0.1) is 3.57 Å². The number of ether oxygens (including phenoxy) is 1. The van der Waals surface area contributed by atoms with E-state index in [1.807, 2.05) is 12.1 Å². The largest absolute Gasteiger partial charge is 0.488 e. The Kier molecular flexibility index (Phi) is 5.55. The van der Waals surface area contributed by atoms with E-state index in [0.29, 0.717) is 18.9 Å². The number of likely N-dealkylation sites (N-methyl/N-ethyl adjacent to an activating group) is 1. The molecule has 0 aliphatic carbocycles. The maximum absolute atomic E-state index is 12.9. The van der Waals surface area contributed by atoms with E-state index in [1.54, 1.807) is 31.2 Å². The van der Waals surface area contributed by atoms with Gasteiger partial charge < -0.3 is 10.1 Å². The molecule has 1 aliphatic rings.